The first-order valence-corrected chi connectivity index (χ1v) is 7.87. The molecule has 0 aliphatic rings. The number of aromatic nitrogens is 3. The Morgan fingerprint density at radius 3 is 2.48 bits per heavy atom. The minimum Gasteiger partial charge on any atom is -0.423 e. The van der Waals surface area contributed by atoms with Crippen molar-refractivity contribution in [2.45, 2.75) is 13.8 Å². The summed E-state index contributed by atoms with van der Waals surface area (Å²) in [5.41, 5.74) is 0. The number of benzene rings is 1. The molecule has 7 heteroatoms. The lowest BCUT2D eigenvalue weighted by Gasteiger charge is -2.19. The van der Waals surface area contributed by atoms with E-state index in [1.807, 2.05) is 29.2 Å². The van der Waals surface area contributed by atoms with E-state index in [4.69, 9.17) is 4.74 Å². The van der Waals surface area contributed by atoms with Crippen molar-refractivity contribution in [1.82, 2.24) is 15.0 Å². The highest BCUT2D eigenvalue weighted by Crippen LogP contribution is 2.25. The van der Waals surface area contributed by atoms with Crippen molar-refractivity contribution < 1.29 is 4.74 Å². The quantitative estimate of drug-likeness (QED) is 0.754. The zero-order chi connectivity index (χ0) is 15.2. The minimum atomic E-state index is 0.292. The molecule has 0 bridgehead atoms. The second-order valence-corrected chi connectivity index (χ2v) is 5.36. The summed E-state index contributed by atoms with van der Waals surface area (Å²) >= 11 is 2.22. The molecular weight excluding hydrogens is 381 g/mol. The molecule has 0 atom stereocenters. The lowest BCUT2D eigenvalue weighted by atomic mass is 10.3. The van der Waals surface area contributed by atoms with E-state index in [-0.39, 0.29) is 0 Å². The number of rotatable bonds is 6. The third kappa shape index (κ3) is 3.93. The molecule has 0 radical (unpaired) electrons. The van der Waals surface area contributed by atoms with Crippen LogP contribution in [0.3, 0.4) is 0 Å². The van der Waals surface area contributed by atoms with Gasteiger partial charge in [-0.05, 0) is 48.6 Å². The zero-order valence-electron chi connectivity index (χ0n) is 12.3. The number of para-hydroxylation sites is 1. The van der Waals surface area contributed by atoms with Crippen molar-refractivity contribution in [3.8, 4) is 11.8 Å². The topological polar surface area (TPSA) is 63.2 Å². The fraction of sp³-hybridized carbons (Fsp3) is 0.357. The lowest BCUT2D eigenvalue weighted by molar-refractivity contribution is 0.437. The van der Waals surface area contributed by atoms with Gasteiger partial charge in [0.05, 0.1) is 3.57 Å². The number of ether oxygens (including phenoxy) is 1. The van der Waals surface area contributed by atoms with Crippen LogP contribution in [0.4, 0.5) is 11.9 Å². The molecule has 0 saturated heterocycles. The van der Waals surface area contributed by atoms with Crippen molar-refractivity contribution in [1.29, 1.82) is 0 Å². The average Bonchev–Trinajstić information content (AvgIpc) is 2.50. The summed E-state index contributed by atoms with van der Waals surface area (Å²) in [6.07, 6.45) is 0. The first-order valence-electron chi connectivity index (χ1n) is 6.79. The molecule has 0 fully saturated rings. The number of anilines is 2. The van der Waals surface area contributed by atoms with Crippen molar-refractivity contribution in [2.24, 2.45) is 0 Å². The van der Waals surface area contributed by atoms with Crippen LogP contribution in [0.2, 0.25) is 0 Å². The van der Waals surface area contributed by atoms with Crippen molar-refractivity contribution in [3.63, 3.8) is 0 Å². The van der Waals surface area contributed by atoms with Crippen molar-refractivity contribution in [3.05, 3.63) is 27.8 Å². The van der Waals surface area contributed by atoms with E-state index < -0.39 is 0 Å². The van der Waals surface area contributed by atoms with Crippen LogP contribution in [-0.2, 0) is 0 Å². The molecule has 0 unspecified atom stereocenters. The Morgan fingerprint density at radius 1 is 1.14 bits per heavy atom. The second kappa shape index (κ2) is 7.39. The van der Waals surface area contributed by atoms with Gasteiger partial charge in [-0.25, -0.2) is 0 Å². The SMILES string of the molecule is CCN(CC)c1nc(NC)nc(Oc2ccccc2I)n1. The third-order valence-electron chi connectivity index (χ3n) is 2.91. The van der Waals surface area contributed by atoms with Gasteiger partial charge in [0.25, 0.3) is 0 Å². The van der Waals surface area contributed by atoms with E-state index in [9.17, 15) is 0 Å². The highest BCUT2D eigenvalue weighted by Gasteiger charge is 2.12. The van der Waals surface area contributed by atoms with Crippen LogP contribution < -0.4 is 15.0 Å². The summed E-state index contributed by atoms with van der Waals surface area (Å²) in [5, 5.41) is 2.94. The van der Waals surface area contributed by atoms with Crippen molar-refractivity contribution in [2.75, 3.05) is 30.4 Å². The zero-order valence-corrected chi connectivity index (χ0v) is 14.5. The Labute approximate surface area is 138 Å². The number of hydrogen-bond acceptors (Lipinski definition) is 6. The van der Waals surface area contributed by atoms with Gasteiger partial charge < -0.3 is 15.0 Å². The third-order valence-corrected chi connectivity index (χ3v) is 3.80. The van der Waals surface area contributed by atoms with Crippen LogP contribution in [0.5, 0.6) is 11.8 Å². The Hall–Kier alpha value is -1.64. The fourth-order valence-corrected chi connectivity index (χ4v) is 2.27. The van der Waals surface area contributed by atoms with Gasteiger partial charge in [0.1, 0.15) is 5.75 Å². The maximum absolute atomic E-state index is 5.80. The molecule has 0 aliphatic carbocycles. The molecule has 1 N–H and O–H groups in total. The first-order chi connectivity index (χ1) is 10.2. The summed E-state index contributed by atoms with van der Waals surface area (Å²) in [7, 11) is 1.78. The van der Waals surface area contributed by atoms with E-state index in [0.717, 1.165) is 22.4 Å². The maximum Gasteiger partial charge on any atom is 0.328 e. The van der Waals surface area contributed by atoms with E-state index in [2.05, 4.69) is 56.7 Å². The van der Waals surface area contributed by atoms with Gasteiger partial charge in [-0.1, -0.05) is 12.1 Å². The molecule has 2 rings (SSSR count). The number of hydrogen-bond donors (Lipinski definition) is 1. The van der Waals surface area contributed by atoms with Crippen molar-refractivity contribution >= 4 is 34.5 Å². The van der Waals surface area contributed by atoms with Crippen LogP contribution in [0.1, 0.15) is 13.8 Å². The van der Waals surface area contributed by atoms with Gasteiger partial charge in [0.15, 0.2) is 0 Å². The molecule has 0 spiro atoms. The fourth-order valence-electron chi connectivity index (χ4n) is 1.78. The van der Waals surface area contributed by atoms with Crippen LogP contribution in [0.25, 0.3) is 0 Å². The predicted molar refractivity (Wildman–Crippen MR) is 92.2 cm³/mol. The molecule has 6 nitrogen and oxygen atoms in total. The minimum absolute atomic E-state index is 0.292. The van der Waals surface area contributed by atoms with Gasteiger partial charge >= 0.3 is 6.01 Å². The molecule has 112 valence electrons. The Morgan fingerprint density at radius 2 is 1.86 bits per heavy atom. The average molecular weight is 399 g/mol. The highest BCUT2D eigenvalue weighted by atomic mass is 127. The normalized spacial score (nSPS) is 10.3. The maximum atomic E-state index is 5.80. The van der Waals surface area contributed by atoms with E-state index in [1.165, 1.54) is 0 Å². The Kier molecular flexibility index (Phi) is 5.54. The molecule has 1 heterocycles. The molecule has 2 aromatic rings. The van der Waals surface area contributed by atoms with Gasteiger partial charge in [0.2, 0.25) is 11.9 Å². The smallest absolute Gasteiger partial charge is 0.328 e. The molecule has 1 aromatic carbocycles. The summed E-state index contributed by atoms with van der Waals surface area (Å²) in [6.45, 7) is 5.78. The molecule has 0 amide bonds. The number of nitrogens with zero attached hydrogens (tertiary/aromatic N) is 4. The standard InChI is InChI=1S/C14H18IN5O/c1-4-20(5-2)13-17-12(16-3)18-14(19-13)21-11-9-7-6-8-10(11)15/h6-9H,4-5H2,1-3H3,(H,16,17,18,19). The molecule has 0 aliphatic heterocycles. The molecule has 0 saturated carbocycles. The number of nitrogens with one attached hydrogen (secondary N) is 1. The summed E-state index contributed by atoms with van der Waals surface area (Å²) < 4.78 is 6.80. The Balaban J connectivity index is 2.35. The van der Waals surface area contributed by atoms with Crippen LogP contribution in [0.15, 0.2) is 24.3 Å². The second-order valence-electron chi connectivity index (χ2n) is 4.20. The summed E-state index contributed by atoms with van der Waals surface area (Å²) in [5.74, 6) is 1.84. The van der Waals surface area contributed by atoms with E-state index in [0.29, 0.717) is 17.9 Å². The number of halogens is 1. The van der Waals surface area contributed by atoms with Gasteiger partial charge in [-0.15, -0.1) is 0 Å². The van der Waals surface area contributed by atoms with Crippen LogP contribution in [0, 0.1) is 3.57 Å². The Bertz CT molecular complexity index is 604. The lowest BCUT2D eigenvalue weighted by Crippen LogP contribution is -2.25. The molecule has 21 heavy (non-hydrogen) atoms. The first kappa shape index (κ1) is 15.7. The van der Waals surface area contributed by atoms with E-state index >= 15 is 0 Å². The largest absolute Gasteiger partial charge is 0.423 e. The van der Waals surface area contributed by atoms with Gasteiger partial charge in [-0.2, -0.15) is 15.0 Å². The van der Waals surface area contributed by atoms with Crippen LogP contribution in [-0.4, -0.2) is 35.1 Å². The monoisotopic (exact) mass is 399 g/mol. The van der Waals surface area contributed by atoms with Gasteiger partial charge in [-0.3, -0.25) is 0 Å². The summed E-state index contributed by atoms with van der Waals surface area (Å²) in [4.78, 5) is 15.1. The van der Waals surface area contributed by atoms with Gasteiger partial charge in [0, 0.05) is 20.1 Å². The highest BCUT2D eigenvalue weighted by molar-refractivity contribution is 14.1. The summed E-state index contributed by atoms with van der Waals surface area (Å²) in [6, 6.07) is 8.04. The molecule has 1 aromatic heterocycles. The molecular formula is C14H18IN5O. The van der Waals surface area contributed by atoms with E-state index in [1.54, 1.807) is 7.05 Å². The van der Waals surface area contributed by atoms with Crippen LogP contribution >= 0.6 is 22.6 Å². The predicted octanol–water partition coefficient (Wildman–Crippen LogP) is 3.16.